The average molecular weight is 290 g/mol. The molecule has 6 heteroatoms. The average Bonchev–Trinajstić information content (AvgIpc) is 2.46. The number of benzene rings is 1. The minimum Gasteiger partial charge on any atom is -0.444 e. The number of nitrogens with zero attached hydrogens (tertiary/aromatic N) is 2. The maximum absolute atomic E-state index is 11.4. The van der Waals surface area contributed by atoms with Crippen molar-refractivity contribution in [2.24, 2.45) is 10.2 Å². The maximum Gasteiger partial charge on any atom is 0.458 e. The van der Waals surface area contributed by atoms with Gasteiger partial charge in [-0.3, -0.25) is 0 Å². The van der Waals surface area contributed by atoms with Crippen molar-refractivity contribution in [1.82, 2.24) is 0 Å². The Labute approximate surface area is 123 Å². The summed E-state index contributed by atoms with van der Waals surface area (Å²) in [4.78, 5) is 22.9. The lowest BCUT2D eigenvalue weighted by Gasteiger charge is -2.20. The summed E-state index contributed by atoms with van der Waals surface area (Å²) in [6.45, 7) is 1.88. The topological polar surface area (TPSA) is 77.3 Å². The van der Waals surface area contributed by atoms with Crippen LogP contribution in [-0.4, -0.2) is 18.3 Å². The summed E-state index contributed by atoms with van der Waals surface area (Å²) < 4.78 is 10.0. The van der Waals surface area contributed by atoms with E-state index in [4.69, 9.17) is 9.47 Å². The first-order valence-corrected chi connectivity index (χ1v) is 7.04. The highest BCUT2D eigenvalue weighted by molar-refractivity contribution is 5.74. The Hall–Kier alpha value is -2.24. The zero-order valence-electron chi connectivity index (χ0n) is 11.9. The lowest BCUT2D eigenvalue weighted by molar-refractivity contribution is 0.0817. The number of hydrogen-bond acceptors (Lipinski definition) is 4. The number of aryl methyl sites for hydroxylation is 1. The molecule has 0 aromatic heterocycles. The number of carbonyl (C=O) groups excluding carboxylic acids is 2. The molecule has 6 nitrogen and oxygen atoms in total. The number of rotatable bonds is 2. The molecule has 0 radical (unpaired) electrons. The molecule has 1 aliphatic rings. The van der Waals surface area contributed by atoms with Gasteiger partial charge in [0, 0.05) is 0 Å². The van der Waals surface area contributed by atoms with E-state index in [-0.39, 0.29) is 6.10 Å². The third-order valence-electron chi connectivity index (χ3n) is 3.23. The molecular formula is C15H18N2O4. The first-order chi connectivity index (χ1) is 10.1. The molecule has 1 aromatic carbocycles. The second-order valence-electron chi connectivity index (χ2n) is 5.03. The maximum atomic E-state index is 11.4. The quantitative estimate of drug-likeness (QED) is 0.755. The summed E-state index contributed by atoms with van der Waals surface area (Å²) in [6, 6.07) is 6.95. The molecule has 1 fully saturated rings. The molecule has 0 aliphatic heterocycles. The predicted octanol–water partition coefficient (Wildman–Crippen LogP) is 4.42. The summed E-state index contributed by atoms with van der Waals surface area (Å²) >= 11 is 0. The van der Waals surface area contributed by atoms with Gasteiger partial charge in [0.25, 0.3) is 0 Å². The monoisotopic (exact) mass is 290 g/mol. The van der Waals surface area contributed by atoms with Gasteiger partial charge in [-0.05, 0) is 50.3 Å². The Kier molecular flexibility index (Phi) is 5.43. The highest BCUT2D eigenvalue weighted by Crippen LogP contribution is 2.20. The van der Waals surface area contributed by atoms with E-state index in [9.17, 15) is 9.59 Å². The van der Waals surface area contributed by atoms with Crippen LogP contribution >= 0.6 is 0 Å². The van der Waals surface area contributed by atoms with E-state index < -0.39 is 12.2 Å². The van der Waals surface area contributed by atoms with Crippen molar-refractivity contribution in [2.75, 3.05) is 0 Å². The lowest BCUT2D eigenvalue weighted by Crippen LogP contribution is -2.19. The van der Waals surface area contributed by atoms with Crippen LogP contribution in [0.3, 0.4) is 0 Å². The molecule has 21 heavy (non-hydrogen) atoms. The van der Waals surface area contributed by atoms with E-state index in [0.29, 0.717) is 5.75 Å². The van der Waals surface area contributed by atoms with Gasteiger partial charge < -0.3 is 9.47 Å². The van der Waals surface area contributed by atoms with Crippen LogP contribution in [0.5, 0.6) is 5.75 Å². The van der Waals surface area contributed by atoms with Crippen LogP contribution in [0.25, 0.3) is 0 Å². The van der Waals surface area contributed by atoms with Gasteiger partial charge in [-0.2, -0.15) is 0 Å². The summed E-state index contributed by atoms with van der Waals surface area (Å²) in [5.74, 6) is 0.361. The normalized spacial score (nSPS) is 15.9. The van der Waals surface area contributed by atoms with E-state index in [1.165, 1.54) is 6.42 Å². The zero-order chi connectivity index (χ0) is 15.1. The molecule has 1 aromatic rings. The number of ether oxygens (including phenoxy) is 2. The minimum absolute atomic E-state index is 0.113. The van der Waals surface area contributed by atoms with Crippen molar-refractivity contribution in [3.8, 4) is 5.75 Å². The van der Waals surface area contributed by atoms with Crippen LogP contribution in [0, 0.1) is 6.92 Å². The number of carbonyl (C=O) groups is 2. The molecule has 2 rings (SSSR count). The third-order valence-corrected chi connectivity index (χ3v) is 3.23. The van der Waals surface area contributed by atoms with Crippen molar-refractivity contribution >= 4 is 12.2 Å². The van der Waals surface area contributed by atoms with Crippen molar-refractivity contribution in [2.45, 2.75) is 45.1 Å². The smallest absolute Gasteiger partial charge is 0.444 e. The molecule has 1 saturated carbocycles. The van der Waals surface area contributed by atoms with Crippen molar-refractivity contribution in [3.63, 3.8) is 0 Å². The molecule has 2 amide bonds. The van der Waals surface area contributed by atoms with E-state index >= 15 is 0 Å². The Morgan fingerprint density at radius 1 is 1.10 bits per heavy atom. The predicted molar refractivity (Wildman–Crippen MR) is 75.4 cm³/mol. The second-order valence-corrected chi connectivity index (χ2v) is 5.03. The Balaban J connectivity index is 1.79. The van der Waals surface area contributed by atoms with E-state index in [1.54, 1.807) is 18.2 Å². The SMILES string of the molecule is Cc1cccc(OC(=O)N=NC(=O)OC2CCCCC2)c1. The van der Waals surface area contributed by atoms with Gasteiger partial charge in [0.1, 0.15) is 11.9 Å². The van der Waals surface area contributed by atoms with Gasteiger partial charge in [0.15, 0.2) is 0 Å². The summed E-state index contributed by atoms with van der Waals surface area (Å²) in [7, 11) is 0. The molecule has 0 bridgehead atoms. The largest absolute Gasteiger partial charge is 0.458 e. The summed E-state index contributed by atoms with van der Waals surface area (Å²) in [5.41, 5.74) is 0.953. The fourth-order valence-electron chi connectivity index (χ4n) is 2.23. The second kappa shape index (κ2) is 7.52. The van der Waals surface area contributed by atoms with E-state index in [0.717, 1.165) is 31.2 Å². The highest BCUT2D eigenvalue weighted by atomic mass is 16.6. The number of hydrogen-bond donors (Lipinski definition) is 0. The molecule has 0 heterocycles. The first-order valence-electron chi connectivity index (χ1n) is 7.04. The molecule has 1 aliphatic carbocycles. The van der Waals surface area contributed by atoms with Gasteiger partial charge in [-0.15, -0.1) is 0 Å². The molecular weight excluding hydrogens is 272 g/mol. The fourth-order valence-corrected chi connectivity index (χ4v) is 2.23. The molecule has 0 N–H and O–H groups in total. The highest BCUT2D eigenvalue weighted by Gasteiger charge is 2.17. The zero-order valence-corrected chi connectivity index (χ0v) is 11.9. The van der Waals surface area contributed by atoms with Crippen LogP contribution in [0.1, 0.15) is 37.7 Å². The summed E-state index contributed by atoms with van der Waals surface area (Å²) in [5, 5.41) is 6.43. The first kappa shape index (κ1) is 15.2. The van der Waals surface area contributed by atoms with Crippen LogP contribution < -0.4 is 4.74 Å². The molecule has 0 saturated heterocycles. The van der Waals surface area contributed by atoms with Crippen LogP contribution in [0.2, 0.25) is 0 Å². The minimum atomic E-state index is -0.943. The van der Waals surface area contributed by atoms with Gasteiger partial charge >= 0.3 is 12.2 Å². The Morgan fingerprint density at radius 2 is 1.81 bits per heavy atom. The van der Waals surface area contributed by atoms with Gasteiger partial charge in [0.2, 0.25) is 0 Å². The molecule has 0 unspecified atom stereocenters. The Bertz CT molecular complexity index is 536. The van der Waals surface area contributed by atoms with Crippen molar-refractivity contribution in [3.05, 3.63) is 29.8 Å². The third kappa shape index (κ3) is 5.33. The van der Waals surface area contributed by atoms with Crippen LogP contribution in [-0.2, 0) is 4.74 Å². The lowest BCUT2D eigenvalue weighted by atomic mass is 9.98. The van der Waals surface area contributed by atoms with Gasteiger partial charge in [0.05, 0.1) is 0 Å². The number of azo groups is 1. The van der Waals surface area contributed by atoms with E-state index in [2.05, 4.69) is 10.2 Å². The van der Waals surface area contributed by atoms with Gasteiger partial charge in [-0.1, -0.05) is 28.8 Å². The van der Waals surface area contributed by atoms with Crippen molar-refractivity contribution in [1.29, 1.82) is 0 Å². The van der Waals surface area contributed by atoms with Crippen molar-refractivity contribution < 1.29 is 19.1 Å². The fraction of sp³-hybridized carbons (Fsp3) is 0.467. The Morgan fingerprint density at radius 3 is 2.52 bits per heavy atom. The standard InChI is InChI=1S/C15H18N2O4/c1-11-6-5-9-13(10-11)21-15(19)17-16-14(18)20-12-7-3-2-4-8-12/h5-6,9-10,12H,2-4,7-8H2,1H3. The van der Waals surface area contributed by atoms with Crippen LogP contribution in [0.4, 0.5) is 9.59 Å². The molecule has 112 valence electrons. The van der Waals surface area contributed by atoms with E-state index in [1.807, 2.05) is 13.0 Å². The number of amides is 2. The molecule has 0 spiro atoms. The van der Waals surface area contributed by atoms with Gasteiger partial charge in [-0.25, -0.2) is 9.59 Å². The molecule has 0 atom stereocenters. The summed E-state index contributed by atoms with van der Waals surface area (Å²) in [6.07, 6.45) is 3.04. The van der Waals surface area contributed by atoms with Crippen LogP contribution in [0.15, 0.2) is 34.5 Å².